The summed E-state index contributed by atoms with van der Waals surface area (Å²) < 4.78 is 11.8. The number of ether oxygens (including phenoxy) is 2. The molecule has 28 heavy (non-hydrogen) atoms. The maximum Gasteiger partial charge on any atom is 0.259 e. The van der Waals surface area contributed by atoms with Crippen LogP contribution in [0.15, 0.2) is 46.9 Å². The molecule has 2 aromatic rings. The highest BCUT2D eigenvalue weighted by atomic mass is 79.9. The fourth-order valence-electron chi connectivity index (χ4n) is 2.94. The predicted octanol–water partition coefficient (Wildman–Crippen LogP) is 3.96. The van der Waals surface area contributed by atoms with Crippen LogP contribution in [0.2, 0.25) is 0 Å². The molecular formula is C21H23BrN2O4. The number of para-hydroxylation sites is 1. The molecule has 0 atom stereocenters. The van der Waals surface area contributed by atoms with E-state index >= 15 is 0 Å². The molecule has 0 saturated carbocycles. The Morgan fingerprint density at radius 3 is 2.54 bits per heavy atom. The number of rotatable bonds is 5. The van der Waals surface area contributed by atoms with Crippen molar-refractivity contribution in [1.82, 2.24) is 4.90 Å². The number of carbonyl (C=O) groups excluding carboxylic acids is 2. The fourth-order valence-corrected chi connectivity index (χ4v) is 3.30. The molecule has 0 unspecified atom stereocenters. The number of amides is 2. The van der Waals surface area contributed by atoms with Crippen LogP contribution >= 0.6 is 15.9 Å². The van der Waals surface area contributed by atoms with Crippen LogP contribution < -0.4 is 10.1 Å². The van der Waals surface area contributed by atoms with Gasteiger partial charge in [-0.3, -0.25) is 9.59 Å². The van der Waals surface area contributed by atoms with Gasteiger partial charge < -0.3 is 19.7 Å². The van der Waals surface area contributed by atoms with Gasteiger partial charge in [-0.2, -0.15) is 0 Å². The molecule has 0 spiro atoms. The molecule has 148 valence electrons. The Kier molecular flexibility index (Phi) is 6.70. The van der Waals surface area contributed by atoms with Crippen molar-refractivity contribution < 1.29 is 19.1 Å². The zero-order valence-corrected chi connectivity index (χ0v) is 17.5. The normalized spacial score (nSPS) is 14.1. The largest absolute Gasteiger partial charge is 0.490 e. The van der Waals surface area contributed by atoms with Gasteiger partial charge in [0.1, 0.15) is 5.75 Å². The summed E-state index contributed by atoms with van der Waals surface area (Å²) >= 11 is 3.40. The van der Waals surface area contributed by atoms with Gasteiger partial charge in [0, 0.05) is 17.6 Å². The van der Waals surface area contributed by atoms with Crippen LogP contribution in [-0.4, -0.2) is 49.1 Å². The van der Waals surface area contributed by atoms with Gasteiger partial charge in [-0.25, -0.2) is 0 Å². The van der Waals surface area contributed by atoms with Crippen molar-refractivity contribution in [3.05, 3.63) is 58.1 Å². The van der Waals surface area contributed by atoms with Crippen molar-refractivity contribution in [3.8, 4) is 5.75 Å². The van der Waals surface area contributed by atoms with Gasteiger partial charge in [0.2, 0.25) is 0 Å². The number of hydrogen-bond acceptors (Lipinski definition) is 4. The van der Waals surface area contributed by atoms with E-state index in [-0.39, 0.29) is 17.9 Å². The molecule has 1 N–H and O–H groups in total. The number of benzene rings is 2. The third-order valence-corrected chi connectivity index (χ3v) is 4.75. The van der Waals surface area contributed by atoms with Crippen LogP contribution in [0.25, 0.3) is 0 Å². The van der Waals surface area contributed by atoms with Crippen molar-refractivity contribution in [1.29, 1.82) is 0 Å². The van der Waals surface area contributed by atoms with E-state index < -0.39 is 0 Å². The smallest absolute Gasteiger partial charge is 0.259 e. The second-order valence-electron chi connectivity index (χ2n) is 6.71. The Balaban J connectivity index is 1.85. The molecule has 2 amide bonds. The van der Waals surface area contributed by atoms with Crippen LogP contribution in [0.1, 0.15) is 34.6 Å². The number of halogens is 1. The molecule has 2 aromatic carbocycles. The number of morpholine rings is 1. The lowest BCUT2D eigenvalue weighted by atomic mass is 10.1. The molecule has 1 heterocycles. The Morgan fingerprint density at radius 2 is 1.82 bits per heavy atom. The number of nitrogens with one attached hydrogen (secondary N) is 1. The summed E-state index contributed by atoms with van der Waals surface area (Å²) in [6, 6.07) is 12.3. The second-order valence-corrected chi connectivity index (χ2v) is 7.63. The van der Waals surface area contributed by atoms with Gasteiger partial charge in [-0.15, -0.1) is 0 Å². The molecule has 0 aliphatic carbocycles. The highest BCUT2D eigenvalue weighted by molar-refractivity contribution is 9.10. The van der Waals surface area contributed by atoms with E-state index in [9.17, 15) is 9.59 Å². The highest BCUT2D eigenvalue weighted by Crippen LogP contribution is 2.26. The molecule has 1 fully saturated rings. The van der Waals surface area contributed by atoms with Crippen molar-refractivity contribution >= 4 is 33.4 Å². The Bertz CT molecular complexity index is 863. The number of carbonyl (C=O) groups is 2. The summed E-state index contributed by atoms with van der Waals surface area (Å²) in [7, 11) is 0. The Labute approximate surface area is 172 Å². The summed E-state index contributed by atoms with van der Waals surface area (Å²) in [6.45, 7) is 5.93. The van der Waals surface area contributed by atoms with E-state index in [1.165, 1.54) is 0 Å². The SMILES string of the molecule is CC(C)Oc1ccc(Br)cc1C(=O)Nc1ccccc1C(=O)N1CCOCC1. The van der Waals surface area contributed by atoms with Crippen LogP contribution in [0.3, 0.4) is 0 Å². The van der Waals surface area contributed by atoms with E-state index in [0.717, 1.165) is 4.47 Å². The van der Waals surface area contributed by atoms with Crippen molar-refractivity contribution in [2.24, 2.45) is 0 Å². The van der Waals surface area contributed by atoms with E-state index in [2.05, 4.69) is 21.2 Å². The van der Waals surface area contributed by atoms with Gasteiger partial charge in [0.25, 0.3) is 11.8 Å². The second kappa shape index (κ2) is 9.21. The lowest BCUT2D eigenvalue weighted by Crippen LogP contribution is -2.41. The van der Waals surface area contributed by atoms with E-state index in [4.69, 9.17) is 9.47 Å². The van der Waals surface area contributed by atoms with E-state index in [0.29, 0.717) is 48.9 Å². The zero-order chi connectivity index (χ0) is 20.1. The van der Waals surface area contributed by atoms with Crippen molar-refractivity contribution in [2.45, 2.75) is 20.0 Å². The minimum atomic E-state index is -0.334. The summed E-state index contributed by atoms with van der Waals surface area (Å²) in [5.41, 5.74) is 1.33. The lowest BCUT2D eigenvalue weighted by Gasteiger charge is -2.27. The van der Waals surface area contributed by atoms with Crippen LogP contribution in [0.4, 0.5) is 5.69 Å². The first kappa shape index (κ1) is 20.4. The summed E-state index contributed by atoms with van der Waals surface area (Å²) in [5, 5.41) is 2.87. The maximum absolute atomic E-state index is 13.0. The monoisotopic (exact) mass is 446 g/mol. The van der Waals surface area contributed by atoms with Gasteiger partial charge in [-0.1, -0.05) is 28.1 Å². The summed E-state index contributed by atoms with van der Waals surface area (Å²) in [6.07, 6.45) is -0.0668. The molecule has 1 aliphatic rings. The third-order valence-electron chi connectivity index (χ3n) is 4.25. The first-order valence-electron chi connectivity index (χ1n) is 9.19. The van der Waals surface area contributed by atoms with Crippen LogP contribution in [0.5, 0.6) is 5.75 Å². The van der Waals surface area contributed by atoms with Gasteiger partial charge >= 0.3 is 0 Å². The molecule has 1 saturated heterocycles. The molecule has 6 nitrogen and oxygen atoms in total. The maximum atomic E-state index is 13.0. The topological polar surface area (TPSA) is 67.9 Å². The highest BCUT2D eigenvalue weighted by Gasteiger charge is 2.22. The van der Waals surface area contributed by atoms with Gasteiger partial charge in [0.15, 0.2) is 0 Å². The molecule has 0 radical (unpaired) electrons. The summed E-state index contributed by atoms with van der Waals surface area (Å²) in [5.74, 6) is 0.0407. The average Bonchev–Trinajstić information content (AvgIpc) is 2.69. The lowest BCUT2D eigenvalue weighted by molar-refractivity contribution is 0.0303. The molecule has 7 heteroatoms. The quantitative estimate of drug-likeness (QED) is 0.754. The first-order chi connectivity index (χ1) is 13.5. The van der Waals surface area contributed by atoms with Crippen molar-refractivity contribution in [3.63, 3.8) is 0 Å². The van der Waals surface area contributed by atoms with E-state index in [1.807, 2.05) is 19.9 Å². The molecular weight excluding hydrogens is 424 g/mol. The Hall–Kier alpha value is -2.38. The number of hydrogen-bond donors (Lipinski definition) is 1. The van der Waals surface area contributed by atoms with Crippen LogP contribution in [-0.2, 0) is 4.74 Å². The molecule has 0 aromatic heterocycles. The number of nitrogens with zero attached hydrogens (tertiary/aromatic N) is 1. The predicted molar refractivity (Wildman–Crippen MR) is 111 cm³/mol. The first-order valence-corrected chi connectivity index (χ1v) is 9.98. The number of anilines is 1. The molecule has 3 rings (SSSR count). The van der Waals surface area contributed by atoms with Crippen molar-refractivity contribution in [2.75, 3.05) is 31.6 Å². The minimum Gasteiger partial charge on any atom is -0.490 e. The molecule has 1 aliphatic heterocycles. The fraction of sp³-hybridized carbons (Fsp3) is 0.333. The van der Waals surface area contributed by atoms with Gasteiger partial charge in [-0.05, 0) is 44.2 Å². The standard InChI is InChI=1S/C21H23BrN2O4/c1-14(2)28-19-8-7-15(22)13-17(19)20(25)23-18-6-4-3-5-16(18)21(26)24-9-11-27-12-10-24/h3-8,13-14H,9-12H2,1-2H3,(H,23,25). The Morgan fingerprint density at radius 1 is 1.11 bits per heavy atom. The third kappa shape index (κ3) is 4.91. The van der Waals surface area contributed by atoms with E-state index in [1.54, 1.807) is 41.3 Å². The minimum absolute atomic E-state index is 0.0668. The average molecular weight is 447 g/mol. The summed E-state index contributed by atoms with van der Waals surface area (Å²) in [4.78, 5) is 27.6. The molecule has 0 bridgehead atoms. The van der Waals surface area contributed by atoms with Crippen LogP contribution in [0, 0.1) is 0 Å². The zero-order valence-electron chi connectivity index (χ0n) is 15.9. The van der Waals surface area contributed by atoms with Gasteiger partial charge in [0.05, 0.1) is 36.1 Å².